The number of hydrogen-bond donors (Lipinski definition) is 1. The molecule has 1 heterocycles. The monoisotopic (exact) mass is 307 g/mol. The SMILES string of the molecule is O=[N+]([O-])c1ccccc1-c1csc(NS(=O)[O-])n1.[Na]. The molecule has 0 aliphatic carbocycles. The van der Waals surface area contributed by atoms with E-state index in [1.807, 2.05) is 0 Å². The molecule has 7 nitrogen and oxygen atoms in total. The summed E-state index contributed by atoms with van der Waals surface area (Å²) >= 11 is -1.40. The summed E-state index contributed by atoms with van der Waals surface area (Å²) in [6.45, 7) is 0. The second-order valence-electron chi connectivity index (χ2n) is 3.15. The Labute approximate surface area is 136 Å². The van der Waals surface area contributed by atoms with Crippen molar-refractivity contribution < 1.29 is 13.7 Å². The fraction of sp³-hybridized carbons (Fsp3) is 0. The molecule has 1 unspecified atom stereocenters. The Kier molecular flexibility index (Phi) is 6.04. The van der Waals surface area contributed by atoms with Crippen LogP contribution in [0.5, 0.6) is 0 Å². The van der Waals surface area contributed by atoms with Gasteiger partial charge in [0, 0.05) is 52.3 Å². The van der Waals surface area contributed by atoms with Crippen LogP contribution >= 0.6 is 11.3 Å². The van der Waals surface area contributed by atoms with Crippen molar-refractivity contribution >= 4 is 63.0 Å². The van der Waals surface area contributed by atoms with E-state index in [0.717, 1.165) is 11.3 Å². The number of hydrogen-bond acceptors (Lipinski definition) is 6. The summed E-state index contributed by atoms with van der Waals surface area (Å²) < 4.78 is 23.0. The van der Waals surface area contributed by atoms with Gasteiger partial charge in [-0.25, -0.2) is 4.98 Å². The minimum Gasteiger partial charge on any atom is -0.755 e. The summed E-state index contributed by atoms with van der Waals surface area (Å²) in [6.07, 6.45) is 0. The van der Waals surface area contributed by atoms with E-state index < -0.39 is 16.2 Å². The van der Waals surface area contributed by atoms with Crippen molar-refractivity contribution in [2.45, 2.75) is 0 Å². The Morgan fingerprint density at radius 2 is 2.05 bits per heavy atom. The van der Waals surface area contributed by atoms with Crippen LogP contribution in [0.15, 0.2) is 29.6 Å². The third-order valence-electron chi connectivity index (χ3n) is 2.05. The zero-order valence-corrected chi connectivity index (χ0v) is 13.4. The van der Waals surface area contributed by atoms with Gasteiger partial charge in [-0.1, -0.05) is 12.1 Å². The number of nitro groups is 1. The second-order valence-corrected chi connectivity index (χ2v) is 4.68. The maximum Gasteiger partial charge on any atom is 0.278 e. The second kappa shape index (κ2) is 7.08. The third-order valence-corrected chi connectivity index (χ3v) is 3.30. The molecule has 1 radical (unpaired) electrons. The number of nitro benzene ring substituents is 1. The van der Waals surface area contributed by atoms with Crippen molar-refractivity contribution in [3.05, 3.63) is 39.8 Å². The fourth-order valence-corrected chi connectivity index (χ4v) is 2.50. The summed E-state index contributed by atoms with van der Waals surface area (Å²) in [5.74, 6) is 0. The van der Waals surface area contributed by atoms with Crippen LogP contribution in [0.4, 0.5) is 10.8 Å². The van der Waals surface area contributed by atoms with Gasteiger partial charge >= 0.3 is 0 Å². The Morgan fingerprint density at radius 3 is 2.68 bits per heavy atom. The predicted molar refractivity (Wildman–Crippen MR) is 72.5 cm³/mol. The predicted octanol–water partition coefficient (Wildman–Crippen LogP) is 1.54. The van der Waals surface area contributed by atoms with Gasteiger partial charge in [0.05, 0.1) is 16.2 Å². The van der Waals surface area contributed by atoms with E-state index in [-0.39, 0.29) is 40.4 Å². The van der Waals surface area contributed by atoms with Crippen LogP contribution in [-0.4, -0.2) is 48.2 Å². The van der Waals surface area contributed by atoms with Crippen molar-refractivity contribution in [1.82, 2.24) is 4.98 Å². The molecule has 1 atom stereocenters. The maximum absolute atomic E-state index is 10.8. The number of anilines is 1. The van der Waals surface area contributed by atoms with E-state index >= 15 is 0 Å². The van der Waals surface area contributed by atoms with Crippen molar-refractivity contribution in [3.8, 4) is 11.3 Å². The van der Waals surface area contributed by atoms with Gasteiger partial charge in [-0.2, -0.15) is 0 Å². The number of benzene rings is 1. The standard InChI is InChI=1S/C9H7N3O4S2.Na/c13-12(14)8-4-2-1-3-6(8)7-5-17-9(10-7)11-18(15)16;/h1-5H,(H,10,11)(H,15,16);/p-1. The zero-order chi connectivity index (χ0) is 13.1. The first kappa shape index (κ1) is 16.2. The van der Waals surface area contributed by atoms with E-state index in [9.17, 15) is 18.9 Å². The van der Waals surface area contributed by atoms with Crippen molar-refractivity contribution in [2.75, 3.05) is 4.72 Å². The molecule has 1 N–H and O–H groups in total. The Balaban J connectivity index is 0.00000180. The normalized spacial score (nSPS) is 11.4. The minimum absolute atomic E-state index is 0. The molecule has 2 aromatic rings. The van der Waals surface area contributed by atoms with Gasteiger partial charge in [-0.05, 0) is 6.07 Å². The molecule has 0 aliphatic rings. The molecule has 0 spiro atoms. The summed E-state index contributed by atoms with van der Waals surface area (Å²) in [5.41, 5.74) is 0.640. The molecule has 0 bridgehead atoms. The number of thiazole rings is 1. The first-order valence-electron chi connectivity index (χ1n) is 4.63. The van der Waals surface area contributed by atoms with E-state index in [1.165, 1.54) is 6.07 Å². The van der Waals surface area contributed by atoms with Crippen LogP contribution in [0, 0.1) is 10.1 Å². The van der Waals surface area contributed by atoms with Crippen LogP contribution in [-0.2, 0) is 11.3 Å². The van der Waals surface area contributed by atoms with Crippen LogP contribution in [0.1, 0.15) is 0 Å². The molecular formula is C9H6N3NaO4S2-. The van der Waals surface area contributed by atoms with E-state index in [1.54, 1.807) is 23.6 Å². The van der Waals surface area contributed by atoms with Gasteiger partial charge < -0.3 is 4.55 Å². The number of rotatable bonds is 4. The molecule has 1 aromatic heterocycles. The van der Waals surface area contributed by atoms with Gasteiger partial charge in [-0.3, -0.25) is 19.0 Å². The van der Waals surface area contributed by atoms with E-state index in [2.05, 4.69) is 9.71 Å². The Bertz CT molecular complexity index is 619. The van der Waals surface area contributed by atoms with Gasteiger partial charge in [0.2, 0.25) is 0 Å². The summed E-state index contributed by atoms with van der Waals surface area (Å²) in [6, 6.07) is 6.14. The molecule has 0 fully saturated rings. The average Bonchev–Trinajstić information content (AvgIpc) is 2.76. The number of nitrogens with zero attached hydrogens (tertiary/aromatic N) is 2. The fourth-order valence-electron chi connectivity index (χ4n) is 1.37. The van der Waals surface area contributed by atoms with E-state index in [0.29, 0.717) is 11.3 Å². The molecule has 95 valence electrons. The summed E-state index contributed by atoms with van der Waals surface area (Å²) in [4.78, 5) is 14.3. The molecular weight excluding hydrogens is 301 g/mol. The van der Waals surface area contributed by atoms with Gasteiger partial charge in [0.25, 0.3) is 5.69 Å². The minimum atomic E-state index is -2.46. The van der Waals surface area contributed by atoms with Gasteiger partial charge in [0.15, 0.2) is 5.13 Å². The molecule has 0 aliphatic heterocycles. The number of para-hydroxylation sites is 1. The van der Waals surface area contributed by atoms with Crippen molar-refractivity contribution in [1.29, 1.82) is 0 Å². The first-order valence-corrected chi connectivity index (χ1v) is 6.58. The molecule has 0 saturated carbocycles. The molecule has 2 rings (SSSR count). The van der Waals surface area contributed by atoms with Crippen LogP contribution in [0.3, 0.4) is 0 Å². The number of nitrogens with one attached hydrogen (secondary N) is 1. The molecule has 1 aromatic carbocycles. The molecule has 0 saturated heterocycles. The summed E-state index contributed by atoms with van der Waals surface area (Å²) in [5, 5.41) is 12.6. The van der Waals surface area contributed by atoms with Crippen LogP contribution in [0.25, 0.3) is 11.3 Å². The average molecular weight is 307 g/mol. The van der Waals surface area contributed by atoms with Crippen molar-refractivity contribution in [2.24, 2.45) is 0 Å². The van der Waals surface area contributed by atoms with Gasteiger partial charge in [-0.15, -0.1) is 11.3 Å². The Hall–Kier alpha value is -0.840. The van der Waals surface area contributed by atoms with Crippen LogP contribution in [0.2, 0.25) is 0 Å². The topological polar surface area (TPSA) is 108 Å². The maximum atomic E-state index is 10.8. The quantitative estimate of drug-likeness (QED) is 0.399. The summed E-state index contributed by atoms with van der Waals surface area (Å²) in [7, 11) is 0. The molecule has 10 heteroatoms. The third kappa shape index (κ3) is 4.06. The zero-order valence-electron chi connectivity index (χ0n) is 9.73. The Morgan fingerprint density at radius 1 is 1.37 bits per heavy atom. The first-order chi connectivity index (χ1) is 8.58. The van der Waals surface area contributed by atoms with Crippen LogP contribution < -0.4 is 4.72 Å². The number of aromatic nitrogens is 1. The van der Waals surface area contributed by atoms with Crippen molar-refractivity contribution in [3.63, 3.8) is 0 Å². The smallest absolute Gasteiger partial charge is 0.278 e. The molecule has 19 heavy (non-hydrogen) atoms. The van der Waals surface area contributed by atoms with Gasteiger partial charge in [0.1, 0.15) is 0 Å². The molecule has 0 amide bonds. The van der Waals surface area contributed by atoms with E-state index in [4.69, 9.17) is 0 Å². The largest absolute Gasteiger partial charge is 0.755 e.